The Morgan fingerprint density at radius 3 is 2.67 bits per heavy atom. The molecule has 1 saturated heterocycles. The second kappa shape index (κ2) is 5.87. The summed E-state index contributed by atoms with van der Waals surface area (Å²) in [5, 5.41) is 29.2. The SMILES string of the molecule is C=CCn1c(=O)n([C@@H]2O[C@H](CO)C(O)C2O)c2nc(N)[nH]c(=O)c21. The molecule has 0 spiro atoms. The summed E-state index contributed by atoms with van der Waals surface area (Å²) in [6.45, 7) is 3.00. The molecule has 0 bridgehead atoms. The first-order chi connectivity index (χ1) is 11.4. The van der Waals surface area contributed by atoms with E-state index in [2.05, 4.69) is 16.5 Å². The van der Waals surface area contributed by atoms with Gasteiger partial charge in [-0.25, -0.2) is 9.36 Å². The minimum absolute atomic E-state index is 0.0197. The average molecular weight is 339 g/mol. The van der Waals surface area contributed by atoms with E-state index in [1.54, 1.807) is 0 Å². The number of nitrogens with zero attached hydrogens (tertiary/aromatic N) is 3. The van der Waals surface area contributed by atoms with Gasteiger partial charge < -0.3 is 25.8 Å². The molecule has 2 aromatic heterocycles. The maximum absolute atomic E-state index is 12.7. The van der Waals surface area contributed by atoms with Gasteiger partial charge in [0.2, 0.25) is 5.95 Å². The van der Waals surface area contributed by atoms with Gasteiger partial charge in [-0.3, -0.25) is 14.3 Å². The number of fused-ring (bicyclic) bond motifs is 1. The van der Waals surface area contributed by atoms with Crippen molar-refractivity contribution in [2.24, 2.45) is 0 Å². The third kappa shape index (κ3) is 2.26. The summed E-state index contributed by atoms with van der Waals surface area (Å²) in [5.41, 5.74) is 4.05. The molecule has 4 atom stereocenters. The largest absolute Gasteiger partial charge is 0.394 e. The van der Waals surface area contributed by atoms with Crippen molar-refractivity contribution in [3.05, 3.63) is 33.5 Å². The van der Waals surface area contributed by atoms with Crippen LogP contribution in [-0.2, 0) is 11.3 Å². The minimum atomic E-state index is -1.50. The van der Waals surface area contributed by atoms with Crippen LogP contribution in [0.25, 0.3) is 11.2 Å². The number of allylic oxidation sites excluding steroid dienone is 1. The van der Waals surface area contributed by atoms with Crippen molar-refractivity contribution >= 4 is 17.1 Å². The molecule has 11 heteroatoms. The van der Waals surface area contributed by atoms with Crippen LogP contribution in [0.4, 0.5) is 5.95 Å². The Morgan fingerprint density at radius 1 is 1.38 bits per heavy atom. The lowest BCUT2D eigenvalue weighted by Crippen LogP contribution is -2.36. The standard InChI is InChI=1S/C13H17N5O6/c1-2-3-17-6-9(15-12(14)16-10(6)22)18(13(17)23)11-8(21)7(20)5(4-19)24-11/h2,5,7-8,11,19-21H,1,3-4H2,(H3,14,15,16,22)/t5-,7?,8?,11-/m1/s1. The van der Waals surface area contributed by atoms with Crippen molar-refractivity contribution in [2.75, 3.05) is 12.3 Å². The topological polar surface area (TPSA) is 169 Å². The van der Waals surface area contributed by atoms with Crippen LogP contribution in [0, 0.1) is 0 Å². The molecular weight excluding hydrogens is 322 g/mol. The highest BCUT2D eigenvalue weighted by atomic mass is 16.6. The Bertz CT molecular complexity index is 899. The van der Waals surface area contributed by atoms with Gasteiger partial charge in [-0.1, -0.05) is 6.08 Å². The van der Waals surface area contributed by atoms with E-state index in [-0.39, 0.29) is 23.7 Å². The number of anilines is 1. The van der Waals surface area contributed by atoms with Gasteiger partial charge in [-0.15, -0.1) is 6.58 Å². The molecule has 0 saturated carbocycles. The number of aliphatic hydroxyl groups is 3. The Hall–Kier alpha value is -2.47. The first-order valence-electron chi connectivity index (χ1n) is 7.14. The number of hydrogen-bond acceptors (Lipinski definition) is 8. The maximum Gasteiger partial charge on any atom is 0.333 e. The van der Waals surface area contributed by atoms with Crippen LogP contribution in [0.3, 0.4) is 0 Å². The van der Waals surface area contributed by atoms with Crippen LogP contribution >= 0.6 is 0 Å². The zero-order chi connectivity index (χ0) is 17.6. The number of aromatic amines is 1. The summed E-state index contributed by atoms with van der Waals surface area (Å²) >= 11 is 0. The van der Waals surface area contributed by atoms with Crippen molar-refractivity contribution in [2.45, 2.75) is 31.1 Å². The maximum atomic E-state index is 12.7. The van der Waals surface area contributed by atoms with E-state index in [0.717, 1.165) is 9.13 Å². The van der Waals surface area contributed by atoms with Crippen LogP contribution in [-0.4, -0.2) is 59.3 Å². The molecule has 0 aromatic carbocycles. The fourth-order valence-electron chi connectivity index (χ4n) is 2.82. The molecule has 0 aliphatic carbocycles. The van der Waals surface area contributed by atoms with Gasteiger partial charge in [0.25, 0.3) is 5.56 Å². The summed E-state index contributed by atoms with van der Waals surface area (Å²) < 4.78 is 7.40. The predicted molar refractivity (Wildman–Crippen MR) is 82.2 cm³/mol. The van der Waals surface area contributed by atoms with E-state index in [1.807, 2.05) is 0 Å². The first kappa shape index (κ1) is 16.4. The number of ether oxygens (including phenoxy) is 1. The normalized spacial score (nSPS) is 27.0. The number of aromatic nitrogens is 4. The van der Waals surface area contributed by atoms with E-state index in [1.165, 1.54) is 6.08 Å². The summed E-state index contributed by atoms with van der Waals surface area (Å²) in [5.74, 6) is -0.219. The fraction of sp³-hybridized carbons (Fsp3) is 0.462. The zero-order valence-electron chi connectivity index (χ0n) is 12.5. The lowest BCUT2D eigenvalue weighted by molar-refractivity contribution is -0.0527. The van der Waals surface area contributed by atoms with E-state index >= 15 is 0 Å². The van der Waals surface area contributed by atoms with E-state index in [4.69, 9.17) is 10.5 Å². The Kier molecular flexibility index (Phi) is 4.01. The van der Waals surface area contributed by atoms with Crippen molar-refractivity contribution in [1.82, 2.24) is 19.1 Å². The third-order valence-electron chi connectivity index (χ3n) is 3.91. The number of hydrogen-bond donors (Lipinski definition) is 5. The van der Waals surface area contributed by atoms with Gasteiger partial charge in [0, 0.05) is 6.54 Å². The summed E-state index contributed by atoms with van der Waals surface area (Å²) in [7, 11) is 0. The van der Waals surface area contributed by atoms with Gasteiger partial charge in [0.05, 0.1) is 6.61 Å². The van der Waals surface area contributed by atoms with Crippen molar-refractivity contribution in [3.63, 3.8) is 0 Å². The highest BCUT2D eigenvalue weighted by molar-refractivity contribution is 5.71. The molecule has 1 aliphatic rings. The highest BCUT2D eigenvalue weighted by Gasteiger charge is 2.45. The van der Waals surface area contributed by atoms with Gasteiger partial charge in [0.15, 0.2) is 17.4 Å². The molecule has 24 heavy (non-hydrogen) atoms. The van der Waals surface area contributed by atoms with Crippen LogP contribution in [0.5, 0.6) is 0 Å². The van der Waals surface area contributed by atoms with Crippen LogP contribution in [0.2, 0.25) is 0 Å². The second-order valence-electron chi connectivity index (χ2n) is 5.40. The lowest BCUT2D eigenvalue weighted by Gasteiger charge is -2.15. The van der Waals surface area contributed by atoms with Crippen molar-refractivity contribution in [1.29, 1.82) is 0 Å². The third-order valence-corrected chi connectivity index (χ3v) is 3.91. The minimum Gasteiger partial charge on any atom is -0.394 e. The molecule has 2 unspecified atom stereocenters. The zero-order valence-corrected chi connectivity index (χ0v) is 12.5. The summed E-state index contributed by atoms with van der Waals surface area (Å²) in [6, 6.07) is 0. The van der Waals surface area contributed by atoms with Crippen molar-refractivity contribution < 1.29 is 20.1 Å². The first-order valence-corrected chi connectivity index (χ1v) is 7.14. The molecule has 6 N–H and O–H groups in total. The van der Waals surface area contributed by atoms with Crippen LogP contribution < -0.4 is 17.0 Å². The number of nitrogens with one attached hydrogen (secondary N) is 1. The molecule has 1 aliphatic heterocycles. The highest BCUT2D eigenvalue weighted by Crippen LogP contribution is 2.30. The predicted octanol–water partition coefficient (Wildman–Crippen LogP) is -2.73. The second-order valence-corrected chi connectivity index (χ2v) is 5.40. The van der Waals surface area contributed by atoms with E-state index in [9.17, 15) is 24.9 Å². The molecule has 1 fully saturated rings. The number of aliphatic hydroxyl groups excluding tert-OH is 3. The lowest BCUT2D eigenvalue weighted by atomic mass is 10.1. The number of nitrogens with two attached hydrogens (primary N) is 1. The number of nitrogen functional groups attached to an aromatic ring is 1. The molecule has 130 valence electrons. The Balaban J connectivity index is 2.29. The van der Waals surface area contributed by atoms with Gasteiger partial charge in [0.1, 0.15) is 18.3 Å². The van der Waals surface area contributed by atoms with Crippen LogP contribution in [0.15, 0.2) is 22.2 Å². The molecule has 11 nitrogen and oxygen atoms in total. The number of H-pyrrole nitrogens is 1. The van der Waals surface area contributed by atoms with Crippen molar-refractivity contribution in [3.8, 4) is 0 Å². The van der Waals surface area contributed by atoms with Gasteiger partial charge in [-0.2, -0.15) is 4.98 Å². The van der Waals surface area contributed by atoms with E-state index < -0.39 is 42.4 Å². The monoisotopic (exact) mass is 339 g/mol. The van der Waals surface area contributed by atoms with E-state index in [0.29, 0.717) is 0 Å². The number of rotatable bonds is 4. The molecule has 3 rings (SSSR count). The quantitative estimate of drug-likeness (QED) is 0.374. The Labute approximate surface area is 134 Å². The molecular formula is C13H17N5O6. The van der Waals surface area contributed by atoms with Gasteiger partial charge >= 0.3 is 5.69 Å². The molecule has 0 radical (unpaired) electrons. The smallest absolute Gasteiger partial charge is 0.333 e. The summed E-state index contributed by atoms with van der Waals surface area (Å²) in [6.07, 6.45) is -3.88. The Morgan fingerprint density at radius 2 is 2.08 bits per heavy atom. The van der Waals surface area contributed by atoms with Crippen LogP contribution in [0.1, 0.15) is 6.23 Å². The molecule has 0 amide bonds. The van der Waals surface area contributed by atoms with Gasteiger partial charge in [-0.05, 0) is 0 Å². The number of imidazole rings is 1. The molecule has 3 heterocycles. The summed E-state index contributed by atoms with van der Waals surface area (Å²) in [4.78, 5) is 31.1. The average Bonchev–Trinajstić information content (AvgIpc) is 2.96. The molecule has 2 aromatic rings. The fourth-order valence-corrected chi connectivity index (χ4v) is 2.82.